The molecule has 0 saturated heterocycles. The van der Waals surface area contributed by atoms with Crippen LogP contribution in [-0.2, 0) is 65.4 Å². The molecule has 17 nitrogen and oxygen atoms in total. The zero-order chi connectivity index (χ0) is 79.2. The van der Waals surface area contributed by atoms with E-state index >= 15 is 0 Å². The normalized spacial score (nSPS) is 13.8. The van der Waals surface area contributed by atoms with E-state index in [4.69, 9.17) is 37.0 Å². The van der Waals surface area contributed by atoms with Crippen molar-refractivity contribution >= 4 is 39.5 Å². The summed E-state index contributed by atoms with van der Waals surface area (Å²) in [5.41, 5.74) is 0. The number of hydrogen-bond donors (Lipinski definition) is 3. The van der Waals surface area contributed by atoms with E-state index in [0.29, 0.717) is 25.7 Å². The van der Waals surface area contributed by atoms with Crippen LogP contribution in [0.3, 0.4) is 0 Å². The Morgan fingerprint density at radius 1 is 0.250 bits per heavy atom. The highest BCUT2D eigenvalue weighted by atomic mass is 31.2. The van der Waals surface area contributed by atoms with Crippen molar-refractivity contribution in [2.24, 2.45) is 11.8 Å². The summed E-state index contributed by atoms with van der Waals surface area (Å²) in [4.78, 5) is 73.3. The van der Waals surface area contributed by atoms with Crippen molar-refractivity contribution in [3.05, 3.63) is 0 Å². The molecule has 0 aliphatic carbocycles. The van der Waals surface area contributed by atoms with E-state index in [9.17, 15) is 43.2 Å². The van der Waals surface area contributed by atoms with Gasteiger partial charge in [-0.25, -0.2) is 9.13 Å². The number of ether oxygens (including phenoxy) is 4. The van der Waals surface area contributed by atoms with Gasteiger partial charge in [0.1, 0.15) is 19.3 Å². The predicted octanol–water partition coefficient (Wildman–Crippen LogP) is 27.4. The Morgan fingerprint density at radius 3 is 0.630 bits per heavy atom. The van der Waals surface area contributed by atoms with Crippen LogP contribution >= 0.6 is 15.6 Å². The molecule has 0 saturated carbocycles. The van der Waals surface area contributed by atoms with Gasteiger partial charge in [0.15, 0.2) is 12.2 Å². The van der Waals surface area contributed by atoms with Crippen molar-refractivity contribution in [2.45, 2.75) is 496 Å². The van der Waals surface area contributed by atoms with Crippen LogP contribution in [-0.4, -0.2) is 96.7 Å². The molecular weight excluding hydrogens is 1400 g/mol. The zero-order valence-electron chi connectivity index (χ0n) is 71.2. The summed E-state index contributed by atoms with van der Waals surface area (Å²) < 4.78 is 69.0. The lowest BCUT2D eigenvalue weighted by Gasteiger charge is -2.21. The Bertz CT molecular complexity index is 2060. The lowest BCUT2D eigenvalue weighted by Crippen LogP contribution is -2.30. The van der Waals surface area contributed by atoms with Gasteiger partial charge in [0.2, 0.25) is 0 Å². The van der Waals surface area contributed by atoms with E-state index in [0.717, 1.165) is 102 Å². The lowest BCUT2D eigenvalue weighted by molar-refractivity contribution is -0.161. The number of carbonyl (C=O) groups is 4. The molecule has 0 aromatic heterocycles. The second kappa shape index (κ2) is 80.3. The van der Waals surface area contributed by atoms with Crippen molar-refractivity contribution in [3.63, 3.8) is 0 Å². The maximum absolute atomic E-state index is 13.2. The summed E-state index contributed by atoms with van der Waals surface area (Å²) in [5.74, 6) is -0.490. The van der Waals surface area contributed by atoms with Crippen LogP contribution in [0.4, 0.5) is 0 Å². The molecule has 0 bridgehead atoms. The average molecular weight is 1580 g/mol. The van der Waals surface area contributed by atoms with Gasteiger partial charge in [-0.2, -0.15) is 0 Å². The van der Waals surface area contributed by atoms with Gasteiger partial charge in [0.25, 0.3) is 0 Å². The number of phosphoric acid groups is 2. The molecule has 0 aliphatic rings. The van der Waals surface area contributed by atoms with Crippen molar-refractivity contribution in [2.75, 3.05) is 39.6 Å². The van der Waals surface area contributed by atoms with Crippen molar-refractivity contribution < 1.29 is 80.2 Å². The fraction of sp³-hybridized carbons (Fsp3) is 0.955. The van der Waals surface area contributed by atoms with Gasteiger partial charge in [-0.3, -0.25) is 37.3 Å². The lowest BCUT2D eigenvalue weighted by atomic mass is 10.0. The van der Waals surface area contributed by atoms with Crippen LogP contribution in [0.1, 0.15) is 478 Å². The highest BCUT2D eigenvalue weighted by Gasteiger charge is 2.31. The minimum absolute atomic E-state index is 0.108. The number of unbranched alkanes of at least 4 members (excludes halogenated alkanes) is 58. The molecule has 108 heavy (non-hydrogen) atoms. The predicted molar refractivity (Wildman–Crippen MR) is 446 cm³/mol. The number of carbonyl (C=O) groups excluding carboxylic acids is 4. The zero-order valence-corrected chi connectivity index (χ0v) is 73.0. The molecule has 0 fully saturated rings. The summed E-state index contributed by atoms with van der Waals surface area (Å²) in [7, 11) is -9.93. The number of aliphatic hydroxyl groups excluding tert-OH is 1. The SMILES string of the molecule is CCCCCCCCCCCCCCCCCCCCCCCCC(=O)O[C@H](COC(=O)CCCCCCCCCCCCCCCCCC(C)C)COP(=O)(O)OC[C@@H](O)COP(=O)(O)OC[C@@H](COC(=O)CCCCCCCCCCCC)OC(=O)CCCCCCCCCCCCCCCCCC(C)C. The van der Waals surface area contributed by atoms with Crippen LogP contribution in [0.2, 0.25) is 0 Å². The number of aliphatic hydroxyl groups is 1. The molecule has 0 radical (unpaired) electrons. The third kappa shape index (κ3) is 82.1. The van der Waals surface area contributed by atoms with Gasteiger partial charge >= 0.3 is 39.5 Å². The molecule has 642 valence electrons. The summed E-state index contributed by atoms with van der Waals surface area (Å²) in [5, 5.41) is 10.7. The van der Waals surface area contributed by atoms with Crippen molar-refractivity contribution in [1.82, 2.24) is 0 Å². The maximum Gasteiger partial charge on any atom is 0.472 e. The smallest absolute Gasteiger partial charge is 0.462 e. The quantitative estimate of drug-likeness (QED) is 0.0222. The van der Waals surface area contributed by atoms with E-state index in [1.54, 1.807) is 0 Å². The largest absolute Gasteiger partial charge is 0.472 e. The minimum Gasteiger partial charge on any atom is -0.462 e. The average Bonchev–Trinajstić information content (AvgIpc) is 0.896. The fourth-order valence-electron chi connectivity index (χ4n) is 14.0. The molecular formula is C89H174O17P2. The number of esters is 4. The van der Waals surface area contributed by atoms with Gasteiger partial charge < -0.3 is 33.8 Å². The van der Waals surface area contributed by atoms with Crippen molar-refractivity contribution in [3.8, 4) is 0 Å². The summed E-state index contributed by atoms with van der Waals surface area (Å²) in [6.45, 7) is 9.73. The first-order valence-electron chi connectivity index (χ1n) is 46.0. The summed E-state index contributed by atoms with van der Waals surface area (Å²) in [6.07, 6.45) is 73.7. The molecule has 5 atom stereocenters. The maximum atomic E-state index is 13.2. The molecule has 19 heteroatoms. The Labute approximate surface area is 664 Å². The molecule has 2 unspecified atom stereocenters. The minimum atomic E-state index is -4.97. The van der Waals surface area contributed by atoms with Gasteiger partial charge in [0, 0.05) is 25.7 Å². The van der Waals surface area contributed by atoms with Gasteiger partial charge in [0.05, 0.1) is 26.4 Å². The first-order valence-corrected chi connectivity index (χ1v) is 49.0. The Morgan fingerprint density at radius 2 is 0.426 bits per heavy atom. The Hall–Kier alpha value is -1.94. The fourth-order valence-corrected chi connectivity index (χ4v) is 15.5. The van der Waals surface area contributed by atoms with Crippen LogP contribution in [0.5, 0.6) is 0 Å². The second-order valence-electron chi connectivity index (χ2n) is 32.9. The van der Waals surface area contributed by atoms with E-state index in [1.165, 1.54) is 295 Å². The number of hydrogen-bond acceptors (Lipinski definition) is 15. The molecule has 0 aromatic rings. The van der Waals surface area contributed by atoms with E-state index in [-0.39, 0.29) is 25.7 Å². The molecule has 3 N–H and O–H groups in total. The monoisotopic (exact) mass is 1580 g/mol. The van der Waals surface area contributed by atoms with E-state index in [2.05, 4.69) is 41.5 Å². The molecule has 0 aliphatic heterocycles. The first kappa shape index (κ1) is 106. The summed E-state index contributed by atoms with van der Waals surface area (Å²) in [6, 6.07) is 0. The van der Waals surface area contributed by atoms with E-state index < -0.39 is 97.5 Å². The number of rotatable bonds is 88. The molecule has 0 spiro atoms. The van der Waals surface area contributed by atoms with Crippen LogP contribution in [0, 0.1) is 11.8 Å². The number of phosphoric ester groups is 2. The molecule has 0 aromatic carbocycles. The highest BCUT2D eigenvalue weighted by molar-refractivity contribution is 7.47. The second-order valence-corrected chi connectivity index (χ2v) is 35.8. The third-order valence-electron chi connectivity index (χ3n) is 21.0. The Kier molecular flexibility index (Phi) is 78.8. The standard InChI is InChI=1S/C89H174O17P2/c1-7-9-11-13-15-17-19-20-21-22-23-24-25-26-27-32-38-43-49-55-61-67-73-89(94)106-85(78-100-87(92)72-66-60-54-48-42-37-33-28-30-35-40-45-51-57-63-69-81(3)4)80-104-108(97,98)102-76-83(90)75-101-107(95,96)103-79-84(77-99-86(91)71-65-59-53-47-18-16-14-12-10-8-2)105-88(93)74-68-62-56-50-44-39-34-29-31-36-41-46-52-58-64-70-82(5)6/h81-85,90H,7-80H2,1-6H3,(H,95,96)(H,97,98)/t83-,84+,85+/m0/s1. The summed E-state index contributed by atoms with van der Waals surface area (Å²) >= 11 is 0. The first-order chi connectivity index (χ1) is 52.4. The molecule has 0 heterocycles. The highest BCUT2D eigenvalue weighted by Crippen LogP contribution is 2.45. The third-order valence-corrected chi connectivity index (χ3v) is 22.9. The molecule has 0 amide bonds. The molecule has 0 rings (SSSR count). The van der Waals surface area contributed by atoms with Crippen molar-refractivity contribution in [1.29, 1.82) is 0 Å². The van der Waals surface area contributed by atoms with Gasteiger partial charge in [-0.05, 0) is 37.5 Å². The van der Waals surface area contributed by atoms with Crippen LogP contribution < -0.4 is 0 Å². The topological polar surface area (TPSA) is 237 Å². The Balaban J connectivity index is 5.21. The van der Waals surface area contributed by atoms with Crippen LogP contribution in [0.15, 0.2) is 0 Å². The van der Waals surface area contributed by atoms with Gasteiger partial charge in [-0.15, -0.1) is 0 Å². The van der Waals surface area contributed by atoms with Gasteiger partial charge in [-0.1, -0.05) is 427 Å². The van der Waals surface area contributed by atoms with E-state index in [1.807, 2.05) is 0 Å². The van der Waals surface area contributed by atoms with Crippen LogP contribution in [0.25, 0.3) is 0 Å².